The topological polar surface area (TPSA) is 81.4 Å². The van der Waals surface area contributed by atoms with Gasteiger partial charge in [-0.25, -0.2) is 8.42 Å². The second-order valence-corrected chi connectivity index (χ2v) is 5.28. The van der Waals surface area contributed by atoms with E-state index in [1.54, 1.807) is 0 Å². The monoisotopic (exact) mass is 280 g/mol. The summed E-state index contributed by atoms with van der Waals surface area (Å²) in [4.78, 5) is 0. The number of ether oxygens (including phenoxy) is 1. The first-order valence-electron chi connectivity index (χ1n) is 5.19. The van der Waals surface area contributed by atoms with Gasteiger partial charge in [-0.2, -0.15) is 8.78 Å². The summed E-state index contributed by atoms with van der Waals surface area (Å²) in [6.45, 7) is -2.78. The van der Waals surface area contributed by atoms with Crippen molar-refractivity contribution in [2.45, 2.75) is 13.0 Å². The Hall–Kier alpha value is -1.41. The third-order valence-electron chi connectivity index (χ3n) is 1.99. The van der Waals surface area contributed by atoms with E-state index >= 15 is 0 Å². The van der Waals surface area contributed by atoms with Crippen molar-refractivity contribution in [3.8, 4) is 5.75 Å². The number of hydrogen-bond acceptors (Lipinski definition) is 4. The van der Waals surface area contributed by atoms with Crippen LogP contribution in [0.2, 0.25) is 0 Å². The van der Waals surface area contributed by atoms with Crippen molar-refractivity contribution in [2.24, 2.45) is 5.73 Å². The van der Waals surface area contributed by atoms with Crippen LogP contribution in [-0.4, -0.2) is 27.3 Å². The molecule has 5 nitrogen and oxygen atoms in total. The average Bonchev–Trinajstić information content (AvgIpc) is 2.28. The Morgan fingerprint density at radius 2 is 2.00 bits per heavy atom. The highest BCUT2D eigenvalue weighted by atomic mass is 32.2. The Morgan fingerprint density at radius 1 is 1.33 bits per heavy atom. The lowest BCUT2D eigenvalue weighted by atomic mass is 10.3. The summed E-state index contributed by atoms with van der Waals surface area (Å²) in [5.41, 5.74) is 5.19. The molecule has 0 heterocycles. The molecule has 0 fully saturated rings. The van der Waals surface area contributed by atoms with Crippen LogP contribution in [0.3, 0.4) is 0 Å². The predicted molar refractivity (Wildman–Crippen MR) is 64.2 cm³/mol. The van der Waals surface area contributed by atoms with Gasteiger partial charge < -0.3 is 10.5 Å². The second kappa shape index (κ2) is 6.50. The molecule has 0 aliphatic carbocycles. The normalized spacial score (nSPS) is 11.6. The first kappa shape index (κ1) is 14.7. The quantitative estimate of drug-likeness (QED) is 0.790. The third-order valence-corrected chi connectivity index (χ3v) is 3.34. The number of para-hydroxylation sites is 2. The summed E-state index contributed by atoms with van der Waals surface area (Å²) in [7, 11) is -3.61. The van der Waals surface area contributed by atoms with E-state index in [-0.39, 0.29) is 30.2 Å². The van der Waals surface area contributed by atoms with E-state index in [1.807, 2.05) is 0 Å². The number of anilines is 1. The Bertz CT molecular complexity index is 480. The molecule has 8 heteroatoms. The molecule has 0 amide bonds. The highest BCUT2D eigenvalue weighted by Gasteiger charge is 2.14. The standard InChI is InChI=1S/C10H14F2N2O3S/c11-10(12)17-9-5-2-1-4-8(9)14-18(15,16)7-3-6-13/h1-2,4-5,10,14H,3,6-7,13H2. The van der Waals surface area contributed by atoms with Crippen molar-refractivity contribution < 1.29 is 21.9 Å². The minimum absolute atomic E-state index is 0.0187. The van der Waals surface area contributed by atoms with Gasteiger partial charge in [0.05, 0.1) is 11.4 Å². The van der Waals surface area contributed by atoms with Gasteiger partial charge >= 0.3 is 6.61 Å². The molecule has 3 N–H and O–H groups in total. The van der Waals surface area contributed by atoms with Crippen LogP contribution in [0.4, 0.5) is 14.5 Å². The fraction of sp³-hybridized carbons (Fsp3) is 0.400. The molecule has 1 rings (SSSR count). The number of nitrogens with two attached hydrogens (primary N) is 1. The van der Waals surface area contributed by atoms with Crippen molar-refractivity contribution in [2.75, 3.05) is 17.0 Å². The van der Waals surface area contributed by atoms with E-state index in [1.165, 1.54) is 24.3 Å². The van der Waals surface area contributed by atoms with Crippen LogP contribution in [0.25, 0.3) is 0 Å². The first-order chi connectivity index (χ1) is 8.44. The summed E-state index contributed by atoms with van der Waals surface area (Å²) in [5.74, 6) is -0.393. The molecule has 0 bridgehead atoms. The number of benzene rings is 1. The van der Waals surface area contributed by atoms with Gasteiger partial charge in [0.2, 0.25) is 10.0 Å². The molecular weight excluding hydrogens is 266 g/mol. The zero-order valence-corrected chi connectivity index (χ0v) is 10.3. The number of alkyl halides is 2. The van der Waals surface area contributed by atoms with Gasteiger partial charge in [-0.05, 0) is 25.1 Å². The molecular formula is C10H14F2N2O3S. The van der Waals surface area contributed by atoms with E-state index in [4.69, 9.17) is 5.73 Å². The van der Waals surface area contributed by atoms with Gasteiger partial charge in [0.1, 0.15) is 5.75 Å². The zero-order valence-electron chi connectivity index (χ0n) is 9.47. The van der Waals surface area contributed by atoms with Crippen LogP contribution in [0.15, 0.2) is 24.3 Å². The minimum Gasteiger partial charge on any atom is -0.433 e. The Morgan fingerprint density at radius 3 is 2.61 bits per heavy atom. The van der Waals surface area contributed by atoms with E-state index in [0.29, 0.717) is 0 Å². The molecule has 1 aromatic rings. The molecule has 0 aliphatic rings. The summed E-state index contributed by atoms with van der Waals surface area (Å²) in [6, 6.07) is 5.58. The second-order valence-electron chi connectivity index (χ2n) is 3.44. The fourth-order valence-electron chi connectivity index (χ4n) is 1.24. The van der Waals surface area contributed by atoms with Gasteiger partial charge in [0, 0.05) is 0 Å². The Balaban J connectivity index is 2.83. The largest absolute Gasteiger partial charge is 0.433 e. The van der Waals surface area contributed by atoms with Crippen LogP contribution >= 0.6 is 0 Å². The van der Waals surface area contributed by atoms with Gasteiger partial charge in [0.25, 0.3) is 0 Å². The fourth-order valence-corrected chi connectivity index (χ4v) is 2.39. The van der Waals surface area contributed by atoms with Crippen molar-refractivity contribution >= 4 is 15.7 Å². The third kappa shape index (κ3) is 4.84. The molecule has 0 aromatic heterocycles. The maximum Gasteiger partial charge on any atom is 0.387 e. The van der Waals surface area contributed by atoms with Gasteiger partial charge in [-0.3, -0.25) is 4.72 Å². The summed E-state index contributed by atoms with van der Waals surface area (Å²) < 4.78 is 53.8. The van der Waals surface area contributed by atoms with Crippen LogP contribution in [0.5, 0.6) is 5.75 Å². The van der Waals surface area contributed by atoms with Gasteiger partial charge in [-0.1, -0.05) is 12.1 Å². The number of hydrogen-bond donors (Lipinski definition) is 2. The Labute approximate surface area is 104 Å². The van der Waals surface area contributed by atoms with E-state index in [2.05, 4.69) is 9.46 Å². The number of nitrogens with one attached hydrogen (secondary N) is 1. The molecule has 0 aliphatic heterocycles. The van der Waals surface area contributed by atoms with Crippen molar-refractivity contribution in [1.29, 1.82) is 0 Å². The van der Waals surface area contributed by atoms with Gasteiger partial charge in [0.15, 0.2) is 0 Å². The highest BCUT2D eigenvalue weighted by Crippen LogP contribution is 2.26. The molecule has 0 unspecified atom stereocenters. The average molecular weight is 280 g/mol. The van der Waals surface area contributed by atoms with E-state index in [9.17, 15) is 17.2 Å². The SMILES string of the molecule is NCCCS(=O)(=O)Nc1ccccc1OC(F)F. The number of halogens is 2. The maximum absolute atomic E-state index is 12.1. The lowest BCUT2D eigenvalue weighted by molar-refractivity contribution is -0.0493. The summed E-state index contributed by atoms with van der Waals surface area (Å²) >= 11 is 0. The van der Waals surface area contributed by atoms with E-state index in [0.717, 1.165) is 0 Å². The molecule has 1 aromatic carbocycles. The smallest absolute Gasteiger partial charge is 0.387 e. The molecule has 0 saturated heterocycles. The molecule has 0 saturated carbocycles. The zero-order chi connectivity index (χ0) is 13.6. The van der Waals surface area contributed by atoms with Gasteiger partial charge in [-0.15, -0.1) is 0 Å². The molecule has 102 valence electrons. The predicted octanol–water partition coefficient (Wildman–Crippen LogP) is 1.38. The van der Waals surface area contributed by atoms with Crippen LogP contribution in [-0.2, 0) is 10.0 Å². The highest BCUT2D eigenvalue weighted by molar-refractivity contribution is 7.92. The van der Waals surface area contributed by atoms with Crippen LogP contribution in [0, 0.1) is 0 Å². The van der Waals surface area contributed by atoms with Crippen LogP contribution in [0.1, 0.15) is 6.42 Å². The first-order valence-corrected chi connectivity index (χ1v) is 6.84. The Kier molecular flexibility index (Phi) is 5.29. The van der Waals surface area contributed by atoms with Crippen molar-refractivity contribution in [3.05, 3.63) is 24.3 Å². The van der Waals surface area contributed by atoms with Crippen molar-refractivity contribution in [3.63, 3.8) is 0 Å². The maximum atomic E-state index is 12.1. The molecule has 18 heavy (non-hydrogen) atoms. The number of sulfonamides is 1. The van der Waals surface area contributed by atoms with E-state index < -0.39 is 16.6 Å². The lowest BCUT2D eigenvalue weighted by Gasteiger charge is -2.12. The lowest BCUT2D eigenvalue weighted by Crippen LogP contribution is -2.19. The summed E-state index contributed by atoms with van der Waals surface area (Å²) in [5, 5.41) is 0. The molecule has 0 radical (unpaired) electrons. The minimum atomic E-state index is -3.61. The molecule has 0 atom stereocenters. The molecule has 0 spiro atoms. The van der Waals surface area contributed by atoms with Crippen molar-refractivity contribution in [1.82, 2.24) is 0 Å². The number of rotatable bonds is 7. The van der Waals surface area contributed by atoms with Crippen LogP contribution < -0.4 is 15.2 Å². The summed E-state index contributed by atoms with van der Waals surface area (Å²) in [6.07, 6.45) is 0.285.